The number of aromatic nitrogens is 1. The van der Waals surface area contributed by atoms with Crippen molar-refractivity contribution in [2.24, 2.45) is 0 Å². The van der Waals surface area contributed by atoms with E-state index < -0.39 is 0 Å². The Morgan fingerprint density at radius 3 is 2.94 bits per heavy atom. The van der Waals surface area contributed by atoms with E-state index in [1.165, 1.54) is 0 Å². The number of fused-ring (bicyclic) bond motifs is 1. The van der Waals surface area contributed by atoms with Gasteiger partial charge in [-0.3, -0.25) is 0 Å². The first kappa shape index (κ1) is 12.2. The fraction of sp³-hybridized carbons (Fsp3) is 0.231. The molecule has 0 N–H and O–H groups in total. The van der Waals surface area contributed by atoms with Crippen LogP contribution in [0.1, 0.15) is 12.5 Å². The Kier molecular flexibility index (Phi) is 3.88. The molecule has 86 valence electrons. The van der Waals surface area contributed by atoms with Crippen LogP contribution in [0.4, 0.5) is 0 Å². The summed E-state index contributed by atoms with van der Waals surface area (Å²) < 4.78 is 0. The van der Waals surface area contributed by atoms with E-state index in [4.69, 9.17) is 16.9 Å². The predicted octanol–water partition coefficient (Wildman–Crippen LogP) is 3.83. The molecule has 0 bridgehead atoms. The fourth-order valence-electron chi connectivity index (χ4n) is 1.54. The minimum atomic E-state index is 0.289. The van der Waals surface area contributed by atoms with Crippen molar-refractivity contribution >= 4 is 34.3 Å². The molecule has 0 saturated carbocycles. The summed E-state index contributed by atoms with van der Waals surface area (Å²) in [5, 5.41) is 11.2. The molecule has 0 aliphatic carbocycles. The van der Waals surface area contributed by atoms with Crippen molar-refractivity contribution in [3.8, 4) is 6.07 Å². The lowest BCUT2D eigenvalue weighted by Gasteiger charge is -2.08. The second-order valence-corrected chi connectivity index (χ2v) is 5.49. The van der Waals surface area contributed by atoms with E-state index in [0.717, 1.165) is 15.9 Å². The predicted molar refractivity (Wildman–Crippen MR) is 72.5 cm³/mol. The van der Waals surface area contributed by atoms with Crippen LogP contribution in [-0.2, 0) is 0 Å². The first-order valence-electron chi connectivity index (χ1n) is 5.27. The first-order chi connectivity index (χ1) is 8.24. The molecule has 0 fully saturated rings. The SMILES string of the molecule is CC(CCl)Sc1cc(C#N)c2ccccc2n1. The summed E-state index contributed by atoms with van der Waals surface area (Å²) in [5.41, 5.74) is 1.52. The van der Waals surface area contributed by atoms with Crippen molar-refractivity contribution in [2.45, 2.75) is 17.2 Å². The zero-order chi connectivity index (χ0) is 12.3. The highest BCUT2D eigenvalue weighted by Gasteiger charge is 2.08. The lowest BCUT2D eigenvalue weighted by atomic mass is 10.1. The Labute approximate surface area is 110 Å². The maximum Gasteiger partial charge on any atom is 0.0999 e. The van der Waals surface area contributed by atoms with E-state index in [-0.39, 0.29) is 5.25 Å². The average Bonchev–Trinajstić information content (AvgIpc) is 2.37. The van der Waals surface area contributed by atoms with Crippen LogP contribution < -0.4 is 0 Å². The molecule has 0 radical (unpaired) electrons. The molecule has 4 heteroatoms. The van der Waals surface area contributed by atoms with Gasteiger partial charge in [-0.2, -0.15) is 5.26 Å². The number of halogens is 1. The van der Waals surface area contributed by atoms with E-state index >= 15 is 0 Å². The highest BCUT2D eigenvalue weighted by atomic mass is 35.5. The van der Waals surface area contributed by atoms with Crippen LogP contribution in [-0.4, -0.2) is 16.1 Å². The number of pyridine rings is 1. The summed E-state index contributed by atoms with van der Waals surface area (Å²) in [5.74, 6) is 0.570. The topological polar surface area (TPSA) is 36.7 Å². The zero-order valence-electron chi connectivity index (χ0n) is 9.35. The molecule has 0 amide bonds. The third-order valence-corrected chi connectivity index (χ3v) is 4.02. The van der Waals surface area contributed by atoms with Crippen LogP contribution in [0.3, 0.4) is 0 Å². The minimum absolute atomic E-state index is 0.289. The number of alkyl halides is 1. The summed E-state index contributed by atoms with van der Waals surface area (Å²) in [6, 6.07) is 11.7. The number of benzene rings is 1. The molecule has 0 aliphatic heterocycles. The van der Waals surface area contributed by atoms with Crippen molar-refractivity contribution in [3.63, 3.8) is 0 Å². The second-order valence-electron chi connectivity index (χ2n) is 3.72. The Morgan fingerprint density at radius 2 is 2.24 bits per heavy atom. The van der Waals surface area contributed by atoms with Crippen LogP contribution >= 0.6 is 23.4 Å². The standard InChI is InChI=1S/C13H11ClN2S/c1-9(7-14)17-13-6-10(8-15)11-4-2-3-5-12(11)16-13/h2-6,9H,7H2,1H3. The Bertz CT molecular complexity index is 577. The van der Waals surface area contributed by atoms with Crippen LogP contribution in [0.2, 0.25) is 0 Å². The molecular formula is C13H11ClN2S. The number of thioether (sulfide) groups is 1. The highest BCUT2D eigenvalue weighted by molar-refractivity contribution is 7.99. The van der Waals surface area contributed by atoms with E-state index in [2.05, 4.69) is 11.1 Å². The van der Waals surface area contributed by atoms with E-state index in [1.807, 2.05) is 37.3 Å². The maximum atomic E-state index is 9.14. The van der Waals surface area contributed by atoms with Gasteiger partial charge in [0.15, 0.2) is 0 Å². The molecule has 2 aromatic rings. The fourth-order valence-corrected chi connectivity index (χ4v) is 2.54. The monoisotopic (exact) mass is 262 g/mol. The average molecular weight is 263 g/mol. The Morgan fingerprint density at radius 1 is 1.47 bits per heavy atom. The van der Waals surface area contributed by atoms with Gasteiger partial charge in [0.2, 0.25) is 0 Å². The summed E-state index contributed by atoms with van der Waals surface area (Å²) in [6.07, 6.45) is 0. The molecule has 1 heterocycles. The maximum absolute atomic E-state index is 9.14. The molecule has 1 aromatic heterocycles. The summed E-state index contributed by atoms with van der Waals surface area (Å²) in [7, 11) is 0. The number of hydrogen-bond acceptors (Lipinski definition) is 3. The van der Waals surface area contributed by atoms with Gasteiger partial charge in [-0.15, -0.1) is 23.4 Å². The van der Waals surface area contributed by atoms with Crippen LogP contribution in [0.25, 0.3) is 10.9 Å². The van der Waals surface area contributed by atoms with Gasteiger partial charge in [0.25, 0.3) is 0 Å². The van der Waals surface area contributed by atoms with Gasteiger partial charge < -0.3 is 0 Å². The number of nitrogens with zero attached hydrogens (tertiary/aromatic N) is 2. The lowest BCUT2D eigenvalue weighted by Crippen LogP contribution is -1.98. The van der Waals surface area contributed by atoms with E-state index in [9.17, 15) is 0 Å². The van der Waals surface area contributed by atoms with Crippen LogP contribution in [0.15, 0.2) is 35.4 Å². The highest BCUT2D eigenvalue weighted by Crippen LogP contribution is 2.26. The molecular weight excluding hydrogens is 252 g/mol. The molecule has 1 aromatic carbocycles. The van der Waals surface area contributed by atoms with Gasteiger partial charge in [0.05, 0.1) is 22.2 Å². The molecule has 1 atom stereocenters. The van der Waals surface area contributed by atoms with Crippen molar-refractivity contribution in [1.82, 2.24) is 4.98 Å². The molecule has 0 saturated heterocycles. The third-order valence-electron chi connectivity index (χ3n) is 2.35. The van der Waals surface area contributed by atoms with Gasteiger partial charge in [-0.25, -0.2) is 4.98 Å². The quantitative estimate of drug-likeness (QED) is 0.623. The zero-order valence-corrected chi connectivity index (χ0v) is 10.9. The molecule has 1 unspecified atom stereocenters. The van der Waals surface area contributed by atoms with Gasteiger partial charge in [0, 0.05) is 16.5 Å². The van der Waals surface area contributed by atoms with Crippen LogP contribution in [0.5, 0.6) is 0 Å². The van der Waals surface area contributed by atoms with Gasteiger partial charge in [-0.05, 0) is 12.1 Å². The molecule has 2 nitrogen and oxygen atoms in total. The Hall–Kier alpha value is -1.24. The van der Waals surface area contributed by atoms with Crippen molar-refractivity contribution < 1.29 is 0 Å². The second kappa shape index (κ2) is 5.39. The largest absolute Gasteiger partial charge is 0.241 e. The number of hydrogen-bond donors (Lipinski definition) is 0. The van der Waals surface area contributed by atoms with Crippen LogP contribution in [0, 0.1) is 11.3 Å². The molecule has 0 spiro atoms. The molecule has 0 aliphatic rings. The van der Waals surface area contributed by atoms with Gasteiger partial charge >= 0.3 is 0 Å². The van der Waals surface area contributed by atoms with Gasteiger partial charge in [-0.1, -0.05) is 25.1 Å². The summed E-state index contributed by atoms with van der Waals surface area (Å²) in [4.78, 5) is 4.52. The molecule has 17 heavy (non-hydrogen) atoms. The first-order valence-corrected chi connectivity index (χ1v) is 6.68. The minimum Gasteiger partial charge on any atom is -0.241 e. The number of rotatable bonds is 3. The number of nitriles is 1. The summed E-state index contributed by atoms with van der Waals surface area (Å²) >= 11 is 7.37. The van der Waals surface area contributed by atoms with E-state index in [1.54, 1.807) is 11.8 Å². The smallest absolute Gasteiger partial charge is 0.0999 e. The number of para-hydroxylation sites is 1. The lowest BCUT2D eigenvalue weighted by molar-refractivity contribution is 1.09. The third kappa shape index (κ3) is 2.71. The van der Waals surface area contributed by atoms with Crippen molar-refractivity contribution in [1.29, 1.82) is 5.26 Å². The Balaban J connectivity index is 2.50. The van der Waals surface area contributed by atoms with E-state index in [0.29, 0.717) is 11.4 Å². The van der Waals surface area contributed by atoms with Crippen molar-refractivity contribution in [2.75, 3.05) is 5.88 Å². The molecule has 2 rings (SSSR count). The summed E-state index contributed by atoms with van der Waals surface area (Å²) in [6.45, 7) is 2.04. The van der Waals surface area contributed by atoms with Gasteiger partial charge in [0.1, 0.15) is 0 Å². The van der Waals surface area contributed by atoms with Crippen molar-refractivity contribution in [3.05, 3.63) is 35.9 Å². The normalized spacial score (nSPS) is 12.3.